The van der Waals surface area contributed by atoms with Crippen molar-refractivity contribution in [2.45, 2.75) is 45.2 Å². The SMILES string of the molecule is CC(C)(C)CN1CCC2(CC1)CN(c1ccccc1NC(=O)Nc1nc3ccc(F)cc3s1)c1c(O)cc(F)c(-c3ccc(C(F)(F)F)nc3)c12. The van der Waals surface area contributed by atoms with Gasteiger partial charge in [-0.3, -0.25) is 10.3 Å². The molecule has 2 aliphatic heterocycles. The van der Waals surface area contributed by atoms with Gasteiger partial charge in [-0.2, -0.15) is 13.2 Å². The number of carbonyl (C=O) groups is 1. The number of fused-ring (bicyclic) bond motifs is 3. The van der Waals surface area contributed by atoms with Crippen LogP contribution in [0.15, 0.2) is 66.9 Å². The third kappa shape index (κ3) is 6.81. The molecule has 3 aromatic carbocycles. The van der Waals surface area contributed by atoms with Crippen molar-refractivity contribution >= 4 is 49.8 Å². The molecule has 8 nitrogen and oxygen atoms in total. The second-order valence-corrected chi connectivity index (χ2v) is 15.4. The molecule has 0 atom stereocenters. The van der Waals surface area contributed by atoms with E-state index in [2.05, 4.69) is 46.3 Å². The van der Waals surface area contributed by atoms with E-state index in [0.29, 0.717) is 65.3 Å². The topological polar surface area (TPSA) is 93.6 Å². The van der Waals surface area contributed by atoms with E-state index in [1.807, 2.05) is 4.90 Å². The molecule has 266 valence electrons. The zero-order chi connectivity index (χ0) is 36.3. The Bertz CT molecular complexity index is 2120. The number of aromatic nitrogens is 2. The first-order chi connectivity index (χ1) is 24.1. The van der Waals surface area contributed by atoms with Crippen LogP contribution in [0.25, 0.3) is 21.3 Å². The molecule has 0 aliphatic carbocycles. The average Bonchev–Trinajstić information content (AvgIpc) is 3.60. The highest BCUT2D eigenvalue weighted by atomic mass is 32.1. The maximum atomic E-state index is 16.1. The minimum Gasteiger partial charge on any atom is -0.506 e. The Hall–Kier alpha value is -4.82. The van der Waals surface area contributed by atoms with Gasteiger partial charge < -0.3 is 20.2 Å². The molecule has 1 saturated heterocycles. The molecule has 5 aromatic rings. The van der Waals surface area contributed by atoms with Crippen molar-refractivity contribution in [3.63, 3.8) is 0 Å². The molecule has 1 spiro atoms. The Balaban J connectivity index is 1.28. The van der Waals surface area contributed by atoms with Gasteiger partial charge in [0.2, 0.25) is 0 Å². The van der Waals surface area contributed by atoms with E-state index in [4.69, 9.17) is 0 Å². The lowest BCUT2D eigenvalue weighted by atomic mass is 9.71. The molecule has 1 fully saturated rings. The second-order valence-electron chi connectivity index (χ2n) is 14.3. The van der Waals surface area contributed by atoms with Gasteiger partial charge in [0.1, 0.15) is 23.1 Å². The molecule has 0 unspecified atom stereocenters. The van der Waals surface area contributed by atoms with Crippen LogP contribution in [0.5, 0.6) is 5.75 Å². The molecule has 3 N–H and O–H groups in total. The van der Waals surface area contributed by atoms with Crippen molar-refractivity contribution in [3.8, 4) is 16.9 Å². The summed E-state index contributed by atoms with van der Waals surface area (Å²) < 4.78 is 70.7. The van der Waals surface area contributed by atoms with Gasteiger partial charge in [0.15, 0.2) is 5.13 Å². The number of piperidine rings is 1. The number of thiazole rings is 1. The lowest BCUT2D eigenvalue weighted by Crippen LogP contribution is -2.47. The van der Waals surface area contributed by atoms with Crippen LogP contribution in [-0.4, -0.2) is 52.2 Å². The summed E-state index contributed by atoms with van der Waals surface area (Å²) in [4.78, 5) is 25.5. The first-order valence-corrected chi connectivity index (χ1v) is 17.2. The Morgan fingerprint density at radius 3 is 2.43 bits per heavy atom. The van der Waals surface area contributed by atoms with Crippen molar-refractivity contribution in [2.24, 2.45) is 5.41 Å². The first kappa shape index (κ1) is 34.6. The number of hydrogen-bond donors (Lipinski definition) is 3. The number of alkyl halides is 3. The summed E-state index contributed by atoms with van der Waals surface area (Å²) >= 11 is 1.12. The van der Waals surface area contributed by atoms with Gasteiger partial charge in [0, 0.05) is 41.9 Å². The number of hydrogen-bond acceptors (Lipinski definition) is 7. The third-order valence-corrected chi connectivity index (χ3v) is 10.3. The molecule has 2 aromatic heterocycles. The van der Waals surface area contributed by atoms with Gasteiger partial charge in [-0.15, -0.1) is 0 Å². The van der Waals surface area contributed by atoms with Gasteiger partial charge in [-0.05, 0) is 73.3 Å². The normalized spacial score (nSPS) is 16.1. The fourth-order valence-electron chi connectivity index (χ4n) is 7.31. The number of nitrogens with one attached hydrogen (secondary N) is 2. The minimum absolute atomic E-state index is 0.0400. The Labute approximate surface area is 294 Å². The number of likely N-dealkylation sites (tertiary alicyclic amines) is 1. The lowest BCUT2D eigenvalue weighted by molar-refractivity contribution is -0.141. The molecular weight excluding hydrogens is 688 g/mol. The van der Waals surface area contributed by atoms with E-state index in [9.17, 15) is 27.5 Å². The lowest BCUT2D eigenvalue weighted by Gasteiger charge is -2.42. The number of phenols is 1. The third-order valence-electron chi connectivity index (χ3n) is 9.36. The number of benzene rings is 3. The zero-order valence-corrected chi connectivity index (χ0v) is 28.9. The number of nitrogens with zero attached hydrogens (tertiary/aromatic N) is 4. The molecule has 14 heteroatoms. The largest absolute Gasteiger partial charge is 0.506 e. The maximum absolute atomic E-state index is 16.1. The molecule has 0 radical (unpaired) electrons. The number of halogens is 5. The van der Waals surface area contributed by atoms with E-state index >= 15 is 4.39 Å². The molecule has 0 bridgehead atoms. The Morgan fingerprint density at radius 2 is 1.75 bits per heavy atom. The minimum atomic E-state index is -4.67. The van der Waals surface area contributed by atoms with Crippen LogP contribution in [0.2, 0.25) is 0 Å². The van der Waals surface area contributed by atoms with Crippen molar-refractivity contribution < 1.29 is 31.9 Å². The molecule has 0 saturated carbocycles. The van der Waals surface area contributed by atoms with E-state index < -0.39 is 35.0 Å². The number of para-hydroxylation sites is 2. The van der Waals surface area contributed by atoms with Crippen molar-refractivity contribution in [1.82, 2.24) is 14.9 Å². The van der Waals surface area contributed by atoms with E-state index in [1.54, 1.807) is 24.3 Å². The summed E-state index contributed by atoms with van der Waals surface area (Å²) in [7, 11) is 0. The summed E-state index contributed by atoms with van der Waals surface area (Å²) in [5.41, 5.74) is 0.755. The molecule has 2 amide bonds. The molecule has 7 rings (SSSR count). The summed E-state index contributed by atoms with van der Waals surface area (Å²) in [5, 5.41) is 17.3. The number of aromatic hydroxyl groups is 1. The molecule has 51 heavy (non-hydrogen) atoms. The van der Waals surface area contributed by atoms with Crippen LogP contribution in [-0.2, 0) is 11.6 Å². The monoisotopic (exact) mass is 722 g/mol. The predicted octanol–water partition coefficient (Wildman–Crippen LogP) is 9.54. The number of carbonyl (C=O) groups excluding carboxylic acids is 1. The van der Waals surface area contributed by atoms with E-state index in [1.165, 1.54) is 24.3 Å². The van der Waals surface area contributed by atoms with Crippen LogP contribution >= 0.6 is 11.3 Å². The van der Waals surface area contributed by atoms with E-state index in [0.717, 1.165) is 36.2 Å². The van der Waals surface area contributed by atoms with Crippen molar-refractivity contribution in [3.05, 3.63) is 89.8 Å². The standard InChI is InChI=1S/C37H35F5N6O2S/c1-35(2,3)19-47-14-12-36(13-15-47)20-48(32-27(49)17-23(39)30(31(32)36)21-8-11-29(43-18-21)37(40,41)42)26-7-5-4-6-24(26)44-33(50)46-34-45-25-10-9-22(38)16-28(25)51-34/h4-11,16-18,49H,12-15,19-20H2,1-3H3,(H2,44,45,46,50). The van der Waals surface area contributed by atoms with Gasteiger partial charge in [0.25, 0.3) is 0 Å². The van der Waals surface area contributed by atoms with Crippen LogP contribution in [0, 0.1) is 17.0 Å². The quantitative estimate of drug-likeness (QED) is 0.157. The van der Waals surface area contributed by atoms with Crippen molar-refractivity contribution in [1.29, 1.82) is 0 Å². The van der Waals surface area contributed by atoms with Gasteiger partial charge in [-0.25, -0.2) is 18.6 Å². The number of pyridine rings is 1. The Morgan fingerprint density at radius 1 is 1.00 bits per heavy atom. The highest BCUT2D eigenvalue weighted by molar-refractivity contribution is 7.22. The molecule has 2 aliphatic rings. The van der Waals surface area contributed by atoms with Crippen molar-refractivity contribution in [2.75, 3.05) is 41.7 Å². The average molecular weight is 723 g/mol. The number of anilines is 4. The van der Waals surface area contributed by atoms with Crippen LogP contribution in [0.4, 0.5) is 48.9 Å². The van der Waals surface area contributed by atoms with E-state index in [-0.39, 0.29) is 27.4 Å². The first-order valence-electron chi connectivity index (χ1n) is 16.4. The summed E-state index contributed by atoms with van der Waals surface area (Å²) in [5.74, 6) is -1.52. The van der Waals surface area contributed by atoms with Gasteiger partial charge >= 0.3 is 12.2 Å². The van der Waals surface area contributed by atoms with Crippen LogP contribution < -0.4 is 15.5 Å². The summed E-state index contributed by atoms with van der Waals surface area (Å²) in [6, 6.07) is 13.6. The summed E-state index contributed by atoms with van der Waals surface area (Å²) in [6.45, 7) is 8.99. The van der Waals surface area contributed by atoms with Crippen LogP contribution in [0.1, 0.15) is 44.9 Å². The number of rotatable bonds is 5. The molecular formula is C37H35F5N6O2S. The second kappa shape index (κ2) is 12.7. The highest BCUT2D eigenvalue weighted by Gasteiger charge is 2.49. The van der Waals surface area contributed by atoms with Gasteiger partial charge in [0.05, 0.1) is 27.3 Å². The van der Waals surface area contributed by atoms with Crippen LogP contribution in [0.3, 0.4) is 0 Å². The Kier molecular flexibility index (Phi) is 8.65. The maximum Gasteiger partial charge on any atom is 0.433 e. The fraction of sp³-hybridized carbons (Fsp3) is 0.324. The summed E-state index contributed by atoms with van der Waals surface area (Å²) in [6.07, 6.45) is -2.46. The number of phenolic OH excluding ortho intramolecular Hbond substituents is 1. The highest BCUT2D eigenvalue weighted by Crippen LogP contribution is 2.58. The predicted molar refractivity (Wildman–Crippen MR) is 189 cm³/mol. The zero-order valence-electron chi connectivity index (χ0n) is 28.0. The number of urea groups is 1. The van der Waals surface area contributed by atoms with Gasteiger partial charge in [-0.1, -0.05) is 50.3 Å². The molecule has 4 heterocycles. The smallest absolute Gasteiger partial charge is 0.433 e. The fourth-order valence-corrected chi connectivity index (χ4v) is 8.20. The number of amides is 2.